The molecule has 1 aromatic rings. The minimum absolute atomic E-state index is 0.601. The van der Waals surface area contributed by atoms with Gasteiger partial charge in [0, 0.05) is 31.9 Å². The van der Waals surface area contributed by atoms with Gasteiger partial charge >= 0.3 is 0 Å². The van der Waals surface area contributed by atoms with Crippen LogP contribution in [0.4, 0.5) is 0 Å². The van der Waals surface area contributed by atoms with E-state index in [1.165, 1.54) is 0 Å². The van der Waals surface area contributed by atoms with Crippen molar-refractivity contribution < 1.29 is 9.84 Å². The maximum Gasteiger partial charge on any atom is 0.0746 e. The third-order valence-corrected chi connectivity index (χ3v) is 3.51. The normalized spacial score (nSPS) is 19.5. The average molecular weight is 238 g/mol. The first-order chi connectivity index (χ1) is 8.17. The van der Waals surface area contributed by atoms with Gasteiger partial charge in [0.25, 0.3) is 0 Å². The van der Waals surface area contributed by atoms with Crippen molar-refractivity contribution in [3.05, 3.63) is 17.5 Å². The summed E-state index contributed by atoms with van der Waals surface area (Å²) < 4.78 is 7.31. The topological polar surface area (TPSA) is 47.3 Å². The zero-order valence-corrected chi connectivity index (χ0v) is 10.8. The van der Waals surface area contributed by atoms with Crippen LogP contribution < -0.4 is 0 Å². The number of nitrogens with zero attached hydrogens (tertiary/aromatic N) is 2. The van der Waals surface area contributed by atoms with E-state index in [1.807, 2.05) is 4.68 Å². The van der Waals surface area contributed by atoms with Gasteiger partial charge < -0.3 is 9.84 Å². The molecule has 1 aliphatic heterocycles. The Hall–Kier alpha value is -0.870. The van der Waals surface area contributed by atoms with Crippen molar-refractivity contribution >= 4 is 0 Å². The Morgan fingerprint density at radius 3 is 2.71 bits per heavy atom. The molecule has 1 aliphatic rings. The molecule has 0 saturated carbocycles. The van der Waals surface area contributed by atoms with Crippen molar-refractivity contribution in [3.8, 4) is 0 Å². The summed E-state index contributed by atoms with van der Waals surface area (Å²) in [7, 11) is 0. The van der Waals surface area contributed by atoms with Crippen molar-refractivity contribution in [3.63, 3.8) is 0 Å². The highest BCUT2D eigenvalue weighted by atomic mass is 16.5. The third kappa shape index (κ3) is 2.87. The van der Waals surface area contributed by atoms with Crippen LogP contribution in [0.5, 0.6) is 0 Å². The second kappa shape index (κ2) is 5.19. The van der Waals surface area contributed by atoms with E-state index < -0.39 is 5.60 Å². The van der Waals surface area contributed by atoms with Crippen LogP contribution in [0.3, 0.4) is 0 Å². The van der Waals surface area contributed by atoms with Crippen molar-refractivity contribution in [1.82, 2.24) is 9.78 Å². The summed E-state index contributed by atoms with van der Waals surface area (Å²) in [5.74, 6) is 0. The van der Waals surface area contributed by atoms with Crippen molar-refractivity contribution in [2.45, 2.75) is 51.7 Å². The van der Waals surface area contributed by atoms with Crippen LogP contribution >= 0.6 is 0 Å². The predicted molar refractivity (Wildman–Crippen MR) is 66.0 cm³/mol. The molecule has 17 heavy (non-hydrogen) atoms. The van der Waals surface area contributed by atoms with Crippen LogP contribution in [0.2, 0.25) is 0 Å². The lowest BCUT2D eigenvalue weighted by Crippen LogP contribution is -2.38. The molecule has 0 unspecified atom stereocenters. The minimum atomic E-state index is -0.601. The molecule has 2 rings (SSSR count). The lowest BCUT2D eigenvalue weighted by Gasteiger charge is -2.32. The van der Waals surface area contributed by atoms with E-state index in [2.05, 4.69) is 25.0 Å². The molecule has 96 valence electrons. The van der Waals surface area contributed by atoms with Crippen LogP contribution in [0.25, 0.3) is 0 Å². The number of aliphatic hydroxyl groups is 1. The lowest BCUT2D eigenvalue weighted by atomic mass is 9.89. The highest BCUT2D eigenvalue weighted by Crippen LogP contribution is 2.25. The molecule has 1 saturated heterocycles. The molecule has 0 aliphatic carbocycles. The van der Waals surface area contributed by atoms with Gasteiger partial charge in [0.15, 0.2) is 0 Å². The van der Waals surface area contributed by atoms with E-state index in [0.717, 1.165) is 37.2 Å². The number of hydrogen-bond acceptors (Lipinski definition) is 3. The first kappa shape index (κ1) is 12.6. The fourth-order valence-electron chi connectivity index (χ4n) is 2.37. The molecule has 4 nitrogen and oxygen atoms in total. The molecular formula is C13H22N2O2. The minimum Gasteiger partial charge on any atom is -0.389 e. The number of rotatable bonds is 4. The Morgan fingerprint density at radius 1 is 1.41 bits per heavy atom. The number of hydrogen-bond donors (Lipinski definition) is 1. The average Bonchev–Trinajstić information content (AvgIpc) is 2.71. The first-order valence-corrected chi connectivity index (χ1v) is 6.52. The summed E-state index contributed by atoms with van der Waals surface area (Å²) in [6.07, 6.45) is 3.09. The highest BCUT2D eigenvalue weighted by Gasteiger charge is 2.31. The molecule has 2 heterocycles. The van der Waals surface area contributed by atoms with E-state index >= 15 is 0 Å². The van der Waals surface area contributed by atoms with E-state index in [-0.39, 0.29) is 0 Å². The van der Waals surface area contributed by atoms with Gasteiger partial charge in [0.05, 0.1) is 11.3 Å². The van der Waals surface area contributed by atoms with E-state index in [4.69, 9.17) is 4.74 Å². The largest absolute Gasteiger partial charge is 0.389 e. The summed E-state index contributed by atoms with van der Waals surface area (Å²) in [6.45, 7) is 6.38. The van der Waals surface area contributed by atoms with Gasteiger partial charge in [0.1, 0.15) is 0 Å². The summed E-state index contributed by atoms with van der Waals surface area (Å²) in [5.41, 5.74) is 1.65. The number of ether oxygens (including phenoxy) is 1. The maximum absolute atomic E-state index is 10.5. The molecule has 0 radical (unpaired) electrons. The second-order valence-corrected chi connectivity index (χ2v) is 4.81. The monoisotopic (exact) mass is 238 g/mol. The van der Waals surface area contributed by atoms with Gasteiger partial charge in [-0.15, -0.1) is 0 Å². The van der Waals surface area contributed by atoms with Crippen molar-refractivity contribution in [2.75, 3.05) is 13.2 Å². The quantitative estimate of drug-likeness (QED) is 0.865. The summed E-state index contributed by atoms with van der Waals surface area (Å²) in [6, 6.07) is 2.12. The second-order valence-electron chi connectivity index (χ2n) is 4.81. The highest BCUT2D eigenvalue weighted by molar-refractivity contribution is 5.13. The SMILES string of the molecule is CCc1cc(CC2(O)CCOCC2)n(CC)n1. The van der Waals surface area contributed by atoms with E-state index in [0.29, 0.717) is 19.6 Å². The summed E-state index contributed by atoms with van der Waals surface area (Å²) in [4.78, 5) is 0. The van der Waals surface area contributed by atoms with Crippen LogP contribution in [0.15, 0.2) is 6.07 Å². The van der Waals surface area contributed by atoms with Crippen LogP contribution in [0.1, 0.15) is 38.1 Å². The van der Waals surface area contributed by atoms with Crippen LogP contribution in [0, 0.1) is 0 Å². The molecule has 0 amide bonds. The molecule has 0 bridgehead atoms. The Labute approximate surface area is 103 Å². The third-order valence-electron chi connectivity index (χ3n) is 3.51. The first-order valence-electron chi connectivity index (χ1n) is 6.52. The molecule has 1 fully saturated rings. The Kier molecular flexibility index (Phi) is 3.84. The van der Waals surface area contributed by atoms with E-state index in [9.17, 15) is 5.11 Å². The van der Waals surface area contributed by atoms with Crippen LogP contribution in [-0.4, -0.2) is 33.7 Å². The fourth-order valence-corrected chi connectivity index (χ4v) is 2.37. The Balaban J connectivity index is 2.13. The maximum atomic E-state index is 10.5. The Morgan fingerprint density at radius 2 is 2.12 bits per heavy atom. The van der Waals surface area contributed by atoms with E-state index in [1.54, 1.807) is 0 Å². The molecule has 1 aromatic heterocycles. The fraction of sp³-hybridized carbons (Fsp3) is 0.769. The zero-order valence-electron chi connectivity index (χ0n) is 10.8. The lowest BCUT2D eigenvalue weighted by molar-refractivity contribution is -0.0635. The van der Waals surface area contributed by atoms with Gasteiger partial charge in [-0.2, -0.15) is 5.10 Å². The number of aryl methyl sites for hydroxylation is 2. The molecule has 1 N–H and O–H groups in total. The number of aromatic nitrogens is 2. The van der Waals surface area contributed by atoms with Crippen molar-refractivity contribution in [2.24, 2.45) is 0 Å². The molecular weight excluding hydrogens is 216 g/mol. The standard InChI is InChI=1S/C13H22N2O2/c1-3-11-9-12(15(4-2)14-11)10-13(16)5-7-17-8-6-13/h9,16H,3-8,10H2,1-2H3. The smallest absolute Gasteiger partial charge is 0.0746 e. The van der Waals surface area contributed by atoms with Gasteiger partial charge in [-0.25, -0.2) is 0 Å². The molecule has 0 atom stereocenters. The predicted octanol–water partition coefficient (Wildman–Crippen LogP) is 1.55. The molecule has 4 heteroatoms. The van der Waals surface area contributed by atoms with Gasteiger partial charge in [-0.05, 0) is 32.3 Å². The summed E-state index contributed by atoms with van der Waals surface area (Å²) in [5, 5.41) is 15.0. The van der Waals surface area contributed by atoms with Gasteiger partial charge in [0.2, 0.25) is 0 Å². The molecule has 0 spiro atoms. The molecule has 0 aromatic carbocycles. The summed E-state index contributed by atoms with van der Waals surface area (Å²) >= 11 is 0. The zero-order chi connectivity index (χ0) is 12.3. The van der Waals surface area contributed by atoms with Crippen molar-refractivity contribution in [1.29, 1.82) is 0 Å². The Bertz CT molecular complexity index is 367. The van der Waals surface area contributed by atoms with Gasteiger partial charge in [-0.1, -0.05) is 6.92 Å². The van der Waals surface area contributed by atoms with Crippen LogP contribution in [-0.2, 0) is 24.1 Å². The van der Waals surface area contributed by atoms with Gasteiger partial charge in [-0.3, -0.25) is 4.68 Å².